The third-order valence-electron chi connectivity index (χ3n) is 3.20. The first kappa shape index (κ1) is 18.9. The molecule has 1 aromatic carbocycles. The summed E-state index contributed by atoms with van der Waals surface area (Å²) in [6.07, 6.45) is 3.81. The van der Waals surface area contributed by atoms with E-state index in [9.17, 15) is 4.79 Å². The zero-order valence-electron chi connectivity index (χ0n) is 14.4. The van der Waals surface area contributed by atoms with Crippen molar-refractivity contribution in [3.05, 3.63) is 34.8 Å². The summed E-state index contributed by atoms with van der Waals surface area (Å²) < 4.78 is 15.7. The lowest BCUT2D eigenvalue weighted by atomic mass is 10.2. The molecule has 0 radical (unpaired) electrons. The lowest BCUT2D eigenvalue weighted by Gasteiger charge is -2.07. The van der Waals surface area contributed by atoms with Crippen LogP contribution in [0.4, 0.5) is 5.13 Å². The molecule has 0 saturated heterocycles. The quantitative estimate of drug-likeness (QED) is 0.545. The van der Waals surface area contributed by atoms with Gasteiger partial charge in [-0.1, -0.05) is 17.4 Å². The van der Waals surface area contributed by atoms with Gasteiger partial charge < -0.3 is 14.2 Å². The number of hydrogen-bond donors (Lipinski definition) is 1. The van der Waals surface area contributed by atoms with Crippen LogP contribution in [0.2, 0.25) is 0 Å². The van der Waals surface area contributed by atoms with Crippen molar-refractivity contribution in [1.82, 2.24) is 10.2 Å². The van der Waals surface area contributed by atoms with Gasteiger partial charge in [-0.15, -0.1) is 10.2 Å². The minimum atomic E-state index is -0.276. The first-order valence-corrected chi connectivity index (χ1v) is 8.59. The second kappa shape index (κ2) is 9.75. The van der Waals surface area contributed by atoms with Crippen molar-refractivity contribution in [2.45, 2.75) is 13.3 Å². The van der Waals surface area contributed by atoms with Crippen LogP contribution in [0.1, 0.15) is 17.5 Å². The maximum atomic E-state index is 12.0. The largest absolute Gasteiger partial charge is 0.493 e. The molecular weight excluding hydrogens is 342 g/mol. The van der Waals surface area contributed by atoms with E-state index in [0.29, 0.717) is 36.3 Å². The number of hydrogen-bond acceptors (Lipinski definition) is 7. The van der Waals surface area contributed by atoms with Crippen LogP contribution in [-0.4, -0.2) is 43.5 Å². The van der Waals surface area contributed by atoms with Gasteiger partial charge in [-0.05, 0) is 30.7 Å². The van der Waals surface area contributed by atoms with Crippen molar-refractivity contribution in [1.29, 1.82) is 0 Å². The maximum absolute atomic E-state index is 12.0. The highest BCUT2D eigenvalue weighted by atomic mass is 32.1. The lowest BCUT2D eigenvalue weighted by molar-refractivity contribution is -0.111. The standard InChI is InChI=1S/C17H21N3O4S/c1-4-24-10-9-16-19-20-17(25-16)18-15(21)8-6-12-5-7-13(22-2)14(11-12)23-3/h5-8,11H,4,9-10H2,1-3H3,(H,18,20,21). The van der Waals surface area contributed by atoms with Gasteiger partial charge >= 0.3 is 0 Å². The summed E-state index contributed by atoms with van der Waals surface area (Å²) in [4.78, 5) is 12.0. The lowest BCUT2D eigenvalue weighted by Crippen LogP contribution is -2.07. The Labute approximate surface area is 150 Å². The van der Waals surface area contributed by atoms with Gasteiger partial charge in [-0.3, -0.25) is 10.1 Å². The molecule has 1 amide bonds. The van der Waals surface area contributed by atoms with E-state index < -0.39 is 0 Å². The monoisotopic (exact) mass is 363 g/mol. The van der Waals surface area contributed by atoms with Gasteiger partial charge in [0, 0.05) is 19.1 Å². The Balaban J connectivity index is 1.92. The number of rotatable bonds is 9. The maximum Gasteiger partial charge on any atom is 0.250 e. The molecule has 1 heterocycles. The number of amides is 1. The van der Waals surface area contributed by atoms with Crippen LogP contribution < -0.4 is 14.8 Å². The van der Waals surface area contributed by atoms with Gasteiger partial charge in [-0.25, -0.2) is 0 Å². The molecule has 0 saturated carbocycles. The molecule has 0 fully saturated rings. The van der Waals surface area contributed by atoms with E-state index in [2.05, 4.69) is 15.5 Å². The van der Waals surface area contributed by atoms with E-state index in [1.54, 1.807) is 32.4 Å². The fourth-order valence-corrected chi connectivity index (χ4v) is 2.71. The van der Waals surface area contributed by atoms with E-state index in [4.69, 9.17) is 14.2 Å². The number of carbonyl (C=O) groups is 1. The van der Waals surface area contributed by atoms with Gasteiger partial charge in [0.1, 0.15) is 5.01 Å². The third kappa shape index (κ3) is 5.84. The fraction of sp³-hybridized carbons (Fsp3) is 0.353. The average molecular weight is 363 g/mol. The SMILES string of the molecule is CCOCCc1nnc(NC(=O)C=Cc2ccc(OC)c(OC)c2)s1. The van der Waals surface area contributed by atoms with Crippen molar-refractivity contribution in [3.8, 4) is 11.5 Å². The molecule has 0 spiro atoms. The number of aromatic nitrogens is 2. The molecule has 7 nitrogen and oxygen atoms in total. The molecular formula is C17H21N3O4S. The Morgan fingerprint density at radius 1 is 1.24 bits per heavy atom. The highest BCUT2D eigenvalue weighted by Crippen LogP contribution is 2.28. The smallest absolute Gasteiger partial charge is 0.250 e. The van der Waals surface area contributed by atoms with Crippen LogP contribution in [0.25, 0.3) is 6.08 Å². The van der Waals surface area contributed by atoms with E-state index in [0.717, 1.165) is 10.6 Å². The van der Waals surface area contributed by atoms with Crippen molar-refractivity contribution in [3.63, 3.8) is 0 Å². The van der Waals surface area contributed by atoms with Crippen molar-refractivity contribution in [2.75, 3.05) is 32.8 Å². The average Bonchev–Trinajstić information content (AvgIpc) is 3.07. The molecule has 2 aromatic rings. The first-order chi connectivity index (χ1) is 12.2. The van der Waals surface area contributed by atoms with E-state index >= 15 is 0 Å². The molecule has 0 atom stereocenters. The number of nitrogens with zero attached hydrogens (tertiary/aromatic N) is 2. The molecule has 0 aliphatic carbocycles. The van der Waals surface area contributed by atoms with Crippen LogP contribution in [-0.2, 0) is 16.0 Å². The van der Waals surface area contributed by atoms with Gasteiger partial charge in [0.15, 0.2) is 11.5 Å². The Kier molecular flexibility index (Phi) is 7.36. The first-order valence-electron chi connectivity index (χ1n) is 7.77. The second-order valence-electron chi connectivity index (χ2n) is 4.88. The minimum absolute atomic E-state index is 0.276. The molecule has 0 aliphatic rings. The molecule has 1 aromatic heterocycles. The predicted molar refractivity (Wildman–Crippen MR) is 97.3 cm³/mol. The van der Waals surface area contributed by atoms with E-state index in [-0.39, 0.29) is 5.91 Å². The Morgan fingerprint density at radius 3 is 2.76 bits per heavy atom. The summed E-state index contributed by atoms with van der Waals surface area (Å²) in [5.41, 5.74) is 0.822. The molecule has 134 valence electrons. The highest BCUT2D eigenvalue weighted by Gasteiger charge is 2.07. The van der Waals surface area contributed by atoms with Crippen LogP contribution >= 0.6 is 11.3 Å². The fourth-order valence-electron chi connectivity index (χ4n) is 1.98. The molecule has 2 rings (SSSR count). The number of methoxy groups -OCH3 is 2. The molecule has 0 bridgehead atoms. The third-order valence-corrected chi connectivity index (χ3v) is 4.09. The van der Waals surface area contributed by atoms with Crippen molar-refractivity contribution < 1.29 is 19.0 Å². The number of nitrogens with one attached hydrogen (secondary N) is 1. The van der Waals surface area contributed by atoms with Crippen LogP contribution in [0.15, 0.2) is 24.3 Å². The predicted octanol–water partition coefficient (Wildman–Crippen LogP) is 2.79. The minimum Gasteiger partial charge on any atom is -0.493 e. The number of benzene rings is 1. The molecule has 0 aliphatic heterocycles. The van der Waals surface area contributed by atoms with Crippen LogP contribution in [0, 0.1) is 0 Å². The molecule has 8 heteroatoms. The highest BCUT2D eigenvalue weighted by molar-refractivity contribution is 7.15. The Hall–Kier alpha value is -2.45. The number of carbonyl (C=O) groups excluding carboxylic acids is 1. The van der Waals surface area contributed by atoms with Crippen LogP contribution in [0.3, 0.4) is 0 Å². The second-order valence-corrected chi connectivity index (χ2v) is 5.95. The molecule has 1 N–H and O–H groups in total. The number of ether oxygens (including phenoxy) is 3. The van der Waals surface area contributed by atoms with Gasteiger partial charge in [-0.2, -0.15) is 0 Å². The summed E-state index contributed by atoms with van der Waals surface area (Å²) >= 11 is 1.34. The van der Waals surface area contributed by atoms with E-state index in [1.807, 2.05) is 13.0 Å². The topological polar surface area (TPSA) is 82.6 Å². The Morgan fingerprint density at radius 2 is 2.04 bits per heavy atom. The van der Waals surface area contributed by atoms with Crippen LogP contribution in [0.5, 0.6) is 11.5 Å². The summed E-state index contributed by atoms with van der Waals surface area (Å²) in [6, 6.07) is 5.41. The van der Waals surface area contributed by atoms with E-state index in [1.165, 1.54) is 17.4 Å². The summed E-state index contributed by atoms with van der Waals surface area (Å²) in [6.45, 7) is 3.21. The normalized spacial score (nSPS) is 10.8. The molecule has 25 heavy (non-hydrogen) atoms. The van der Waals surface area contributed by atoms with Gasteiger partial charge in [0.25, 0.3) is 0 Å². The van der Waals surface area contributed by atoms with Gasteiger partial charge in [0.2, 0.25) is 11.0 Å². The van der Waals surface area contributed by atoms with Crippen molar-refractivity contribution in [2.24, 2.45) is 0 Å². The molecule has 0 unspecified atom stereocenters. The summed E-state index contributed by atoms with van der Waals surface area (Å²) in [5, 5.41) is 12.0. The zero-order valence-corrected chi connectivity index (χ0v) is 15.3. The number of anilines is 1. The van der Waals surface area contributed by atoms with Gasteiger partial charge in [0.05, 0.1) is 20.8 Å². The summed E-state index contributed by atoms with van der Waals surface area (Å²) in [7, 11) is 3.14. The van der Waals surface area contributed by atoms with Crippen molar-refractivity contribution >= 4 is 28.5 Å². The Bertz CT molecular complexity index is 730. The summed E-state index contributed by atoms with van der Waals surface area (Å²) in [5.74, 6) is 0.966. The zero-order chi connectivity index (χ0) is 18.1.